The first-order valence-corrected chi connectivity index (χ1v) is 6.69. The molecule has 2 aromatic carbocycles. The van der Waals surface area contributed by atoms with Crippen LogP contribution in [0.4, 0.5) is 16.2 Å². The number of rotatable bonds is 2. The second-order valence-corrected chi connectivity index (χ2v) is 4.78. The number of carbonyl (C=O) groups is 1. The highest BCUT2D eigenvalue weighted by molar-refractivity contribution is 6.16. The van der Waals surface area contributed by atoms with Gasteiger partial charge in [-0.25, -0.2) is 4.79 Å². The Hall–Kier alpha value is -2.55. The van der Waals surface area contributed by atoms with Crippen LogP contribution in [0, 0.1) is 0 Å². The second-order valence-electron chi connectivity index (χ2n) is 4.78. The van der Waals surface area contributed by atoms with Crippen LogP contribution in [0.5, 0.6) is 0 Å². The van der Waals surface area contributed by atoms with Crippen LogP contribution < -0.4 is 10.2 Å². The molecule has 0 bridgehead atoms. The van der Waals surface area contributed by atoms with Gasteiger partial charge in [0.05, 0.1) is 17.1 Å². The lowest BCUT2D eigenvalue weighted by atomic mass is 10.0. The molecule has 2 aromatic rings. The summed E-state index contributed by atoms with van der Waals surface area (Å²) in [7, 11) is 0. The third kappa shape index (κ3) is 1.97. The summed E-state index contributed by atoms with van der Waals surface area (Å²) in [5, 5.41) is 2.92. The molecule has 100 valence electrons. The Bertz CT molecular complexity index is 677. The summed E-state index contributed by atoms with van der Waals surface area (Å²) in [5.74, 6) is 0. The van der Waals surface area contributed by atoms with Crippen molar-refractivity contribution in [2.24, 2.45) is 0 Å². The SMILES string of the molecule is C=C1c2cc(CC)ccc2NC(=O)N1c1ccccc1. The lowest BCUT2D eigenvalue weighted by Gasteiger charge is -2.31. The molecule has 0 atom stereocenters. The van der Waals surface area contributed by atoms with Gasteiger partial charge in [-0.1, -0.05) is 37.8 Å². The number of aryl methyl sites for hydroxylation is 1. The van der Waals surface area contributed by atoms with Crippen molar-refractivity contribution in [3.63, 3.8) is 0 Å². The van der Waals surface area contributed by atoms with Gasteiger partial charge >= 0.3 is 6.03 Å². The largest absolute Gasteiger partial charge is 0.330 e. The highest BCUT2D eigenvalue weighted by atomic mass is 16.2. The number of urea groups is 1. The number of nitrogens with zero attached hydrogens (tertiary/aromatic N) is 1. The number of benzene rings is 2. The van der Waals surface area contributed by atoms with Crippen LogP contribution in [0.3, 0.4) is 0 Å². The Morgan fingerprint density at radius 2 is 1.90 bits per heavy atom. The summed E-state index contributed by atoms with van der Waals surface area (Å²) < 4.78 is 0. The van der Waals surface area contributed by atoms with Gasteiger partial charge in [0.15, 0.2) is 0 Å². The maximum Gasteiger partial charge on any atom is 0.330 e. The van der Waals surface area contributed by atoms with Crippen LogP contribution in [0.15, 0.2) is 55.1 Å². The van der Waals surface area contributed by atoms with Crippen molar-refractivity contribution in [1.82, 2.24) is 0 Å². The van der Waals surface area contributed by atoms with Gasteiger partial charge in [-0.2, -0.15) is 0 Å². The lowest BCUT2D eigenvalue weighted by molar-refractivity contribution is 0.259. The van der Waals surface area contributed by atoms with E-state index in [4.69, 9.17) is 0 Å². The van der Waals surface area contributed by atoms with Crippen molar-refractivity contribution in [2.45, 2.75) is 13.3 Å². The summed E-state index contributed by atoms with van der Waals surface area (Å²) >= 11 is 0. The first-order chi connectivity index (χ1) is 9.70. The Kier molecular flexibility index (Phi) is 3.03. The van der Waals surface area contributed by atoms with E-state index in [2.05, 4.69) is 24.9 Å². The van der Waals surface area contributed by atoms with Gasteiger partial charge in [0.2, 0.25) is 0 Å². The van der Waals surface area contributed by atoms with Crippen molar-refractivity contribution < 1.29 is 4.79 Å². The maximum absolute atomic E-state index is 12.3. The monoisotopic (exact) mass is 264 g/mol. The fourth-order valence-corrected chi connectivity index (χ4v) is 2.42. The number of nitrogens with one attached hydrogen (secondary N) is 1. The fourth-order valence-electron chi connectivity index (χ4n) is 2.42. The number of carbonyl (C=O) groups excluding carboxylic acids is 1. The Labute approximate surface area is 118 Å². The van der Waals surface area contributed by atoms with E-state index < -0.39 is 0 Å². The minimum atomic E-state index is -0.169. The van der Waals surface area contributed by atoms with Crippen LogP contribution in [0.1, 0.15) is 18.1 Å². The molecule has 3 nitrogen and oxygen atoms in total. The zero-order chi connectivity index (χ0) is 14.1. The molecule has 3 rings (SSSR count). The highest BCUT2D eigenvalue weighted by Gasteiger charge is 2.27. The van der Waals surface area contributed by atoms with Gasteiger partial charge in [0, 0.05) is 5.56 Å². The number of amides is 2. The average molecular weight is 264 g/mol. The topological polar surface area (TPSA) is 32.3 Å². The van der Waals surface area contributed by atoms with E-state index >= 15 is 0 Å². The molecule has 0 aliphatic carbocycles. The van der Waals surface area contributed by atoms with Gasteiger partial charge in [-0.3, -0.25) is 4.90 Å². The number of anilines is 2. The van der Waals surface area contributed by atoms with E-state index in [9.17, 15) is 4.79 Å². The van der Waals surface area contributed by atoms with Gasteiger partial charge < -0.3 is 5.32 Å². The number of hydrogen-bond donors (Lipinski definition) is 1. The van der Waals surface area contributed by atoms with E-state index in [1.165, 1.54) is 5.56 Å². The van der Waals surface area contributed by atoms with Crippen molar-refractivity contribution in [3.8, 4) is 0 Å². The summed E-state index contributed by atoms with van der Waals surface area (Å²) in [4.78, 5) is 13.9. The second kappa shape index (κ2) is 4.85. The molecule has 1 aliphatic heterocycles. The van der Waals surface area contributed by atoms with Crippen molar-refractivity contribution >= 4 is 23.1 Å². The average Bonchev–Trinajstić information content (AvgIpc) is 2.48. The lowest BCUT2D eigenvalue weighted by Crippen LogP contribution is -2.37. The van der Waals surface area contributed by atoms with E-state index in [1.54, 1.807) is 4.90 Å². The molecule has 1 heterocycles. The van der Waals surface area contributed by atoms with E-state index in [-0.39, 0.29) is 6.03 Å². The van der Waals surface area contributed by atoms with Gasteiger partial charge in [0.25, 0.3) is 0 Å². The van der Waals surface area contributed by atoms with E-state index in [1.807, 2.05) is 42.5 Å². The quantitative estimate of drug-likeness (QED) is 0.863. The van der Waals surface area contributed by atoms with Crippen LogP contribution >= 0.6 is 0 Å². The number of hydrogen-bond acceptors (Lipinski definition) is 1. The van der Waals surface area contributed by atoms with Crippen LogP contribution in [0.25, 0.3) is 5.70 Å². The van der Waals surface area contributed by atoms with Gasteiger partial charge in [0.1, 0.15) is 0 Å². The highest BCUT2D eigenvalue weighted by Crippen LogP contribution is 2.35. The Morgan fingerprint density at radius 1 is 1.15 bits per heavy atom. The summed E-state index contributed by atoms with van der Waals surface area (Å²) in [6.07, 6.45) is 0.958. The zero-order valence-corrected chi connectivity index (χ0v) is 11.4. The molecule has 0 saturated carbocycles. The predicted octanol–water partition coefficient (Wildman–Crippen LogP) is 4.27. The van der Waals surface area contributed by atoms with Crippen molar-refractivity contribution in [3.05, 3.63) is 66.2 Å². The molecule has 1 aliphatic rings. The van der Waals surface area contributed by atoms with Gasteiger partial charge in [-0.05, 0) is 36.2 Å². The molecule has 0 spiro atoms. The number of para-hydroxylation sites is 1. The molecule has 0 unspecified atom stereocenters. The summed E-state index contributed by atoms with van der Waals surface area (Å²) in [6.45, 7) is 6.22. The molecule has 0 saturated heterocycles. The van der Waals surface area contributed by atoms with Crippen molar-refractivity contribution in [1.29, 1.82) is 0 Å². The molecule has 0 fully saturated rings. The minimum Gasteiger partial charge on any atom is -0.307 e. The van der Waals surface area contributed by atoms with Crippen LogP contribution in [-0.4, -0.2) is 6.03 Å². The van der Waals surface area contributed by atoms with Crippen LogP contribution in [0.2, 0.25) is 0 Å². The first kappa shape index (κ1) is 12.5. The Balaban J connectivity index is 2.08. The molecule has 0 radical (unpaired) electrons. The molecule has 2 amide bonds. The fraction of sp³-hybridized carbons (Fsp3) is 0.118. The van der Waals surface area contributed by atoms with E-state index in [0.29, 0.717) is 5.70 Å². The summed E-state index contributed by atoms with van der Waals surface area (Å²) in [6, 6.07) is 15.5. The molecule has 20 heavy (non-hydrogen) atoms. The molecule has 0 aromatic heterocycles. The third-order valence-corrected chi connectivity index (χ3v) is 3.53. The molecule has 1 N–H and O–H groups in total. The first-order valence-electron chi connectivity index (χ1n) is 6.69. The van der Waals surface area contributed by atoms with Crippen molar-refractivity contribution in [2.75, 3.05) is 10.2 Å². The Morgan fingerprint density at radius 3 is 2.60 bits per heavy atom. The molecule has 3 heteroatoms. The van der Waals surface area contributed by atoms with Gasteiger partial charge in [-0.15, -0.1) is 0 Å². The smallest absolute Gasteiger partial charge is 0.307 e. The standard InChI is InChI=1S/C17H16N2O/c1-3-13-9-10-16-15(11-13)12(2)19(17(20)18-16)14-7-5-4-6-8-14/h4-11H,2-3H2,1H3,(H,18,20). The molecular weight excluding hydrogens is 248 g/mol. The third-order valence-electron chi connectivity index (χ3n) is 3.53. The predicted molar refractivity (Wildman–Crippen MR) is 82.8 cm³/mol. The number of fused-ring (bicyclic) bond motifs is 1. The molecular formula is C17H16N2O. The normalized spacial score (nSPS) is 13.9. The maximum atomic E-state index is 12.3. The van der Waals surface area contributed by atoms with E-state index in [0.717, 1.165) is 23.4 Å². The zero-order valence-electron chi connectivity index (χ0n) is 11.4. The van der Waals surface area contributed by atoms with Crippen LogP contribution in [-0.2, 0) is 6.42 Å². The minimum absolute atomic E-state index is 0.169. The summed E-state index contributed by atoms with van der Waals surface area (Å²) in [5.41, 5.74) is 4.57.